The van der Waals surface area contributed by atoms with Crippen molar-refractivity contribution in [3.05, 3.63) is 23.8 Å². The highest BCUT2D eigenvalue weighted by Gasteiger charge is 2.14. The van der Waals surface area contributed by atoms with Crippen molar-refractivity contribution in [2.75, 3.05) is 27.8 Å². The van der Waals surface area contributed by atoms with Crippen LogP contribution in [-0.4, -0.2) is 49.7 Å². The Morgan fingerprint density at radius 3 is 2.06 bits per heavy atom. The average Bonchev–Trinajstić information content (AvgIpc) is 2.37. The van der Waals surface area contributed by atoms with E-state index in [1.165, 1.54) is 21.3 Å². The number of rotatable bonds is 5. The number of Topliss-reactive ketones (excluding diaryl/α,β-unsaturated/α-hetero) is 1. The molecule has 0 aliphatic heterocycles. The van der Waals surface area contributed by atoms with Gasteiger partial charge in [-0.05, 0) is 12.1 Å². The van der Waals surface area contributed by atoms with Gasteiger partial charge in [0.1, 0.15) is 11.5 Å². The van der Waals surface area contributed by atoms with Crippen LogP contribution in [-0.2, 0) is 0 Å². The zero-order valence-corrected chi connectivity index (χ0v) is 10.5. The Bertz CT molecular complexity index is 436. The fourth-order valence-corrected chi connectivity index (χ4v) is 1.34. The van der Waals surface area contributed by atoms with Gasteiger partial charge in [-0.1, -0.05) is 0 Å². The number of carboxylic acid groups (broad SMARTS) is 1. The molecule has 0 aliphatic rings. The van der Waals surface area contributed by atoms with E-state index in [0.29, 0.717) is 17.1 Å². The largest absolute Gasteiger partial charge is 0.497 e. The standard InChI is InChI=1S/C12H15NO5/c1-13(12(15)16)7-11(14)8-4-9(17-2)6-10(5-8)18-3/h4-6H,7H2,1-3H3,(H,15,16). The summed E-state index contributed by atoms with van der Waals surface area (Å²) in [4.78, 5) is 23.4. The van der Waals surface area contributed by atoms with Crippen molar-refractivity contribution in [2.24, 2.45) is 0 Å². The Morgan fingerprint density at radius 2 is 1.67 bits per heavy atom. The molecule has 0 heterocycles. The summed E-state index contributed by atoms with van der Waals surface area (Å²) in [7, 11) is 4.29. The third kappa shape index (κ3) is 3.38. The van der Waals surface area contributed by atoms with E-state index in [-0.39, 0.29) is 12.3 Å². The van der Waals surface area contributed by atoms with Crippen LogP contribution in [0.1, 0.15) is 10.4 Å². The van der Waals surface area contributed by atoms with E-state index < -0.39 is 6.09 Å². The molecular weight excluding hydrogens is 238 g/mol. The number of likely N-dealkylation sites (N-methyl/N-ethyl adjacent to an activating group) is 1. The lowest BCUT2D eigenvalue weighted by molar-refractivity contribution is 0.0928. The number of ketones is 1. The summed E-state index contributed by atoms with van der Waals surface area (Å²) in [6, 6.07) is 4.72. The Balaban J connectivity index is 2.94. The highest BCUT2D eigenvalue weighted by atomic mass is 16.5. The highest BCUT2D eigenvalue weighted by Crippen LogP contribution is 2.22. The molecule has 1 rings (SSSR count). The molecular formula is C12H15NO5. The van der Waals surface area contributed by atoms with Crippen LogP contribution in [0.15, 0.2) is 18.2 Å². The summed E-state index contributed by atoms with van der Waals surface area (Å²) in [5, 5.41) is 8.70. The Labute approximate surface area is 105 Å². The molecule has 0 fully saturated rings. The summed E-state index contributed by atoms with van der Waals surface area (Å²) < 4.78 is 10.1. The Kier molecular flexibility index (Phi) is 4.53. The van der Waals surface area contributed by atoms with Gasteiger partial charge < -0.3 is 19.5 Å². The van der Waals surface area contributed by atoms with Crippen LogP contribution in [0.4, 0.5) is 4.79 Å². The molecule has 18 heavy (non-hydrogen) atoms. The number of ether oxygens (including phenoxy) is 2. The van der Waals surface area contributed by atoms with Gasteiger partial charge in [0.15, 0.2) is 5.78 Å². The first kappa shape index (κ1) is 13.8. The van der Waals surface area contributed by atoms with Crippen LogP contribution < -0.4 is 9.47 Å². The summed E-state index contributed by atoms with van der Waals surface area (Å²) in [6.45, 7) is -0.217. The molecule has 0 bridgehead atoms. The predicted octanol–water partition coefficient (Wildman–Crippen LogP) is 1.50. The van der Waals surface area contributed by atoms with E-state index in [1.807, 2.05) is 0 Å². The van der Waals surface area contributed by atoms with E-state index in [2.05, 4.69) is 0 Å². The van der Waals surface area contributed by atoms with Crippen LogP contribution in [0.2, 0.25) is 0 Å². The van der Waals surface area contributed by atoms with Gasteiger partial charge in [-0.25, -0.2) is 4.79 Å². The number of amides is 1. The second-order valence-electron chi connectivity index (χ2n) is 3.66. The minimum atomic E-state index is -1.15. The molecule has 1 aromatic carbocycles. The molecule has 6 heteroatoms. The van der Waals surface area contributed by atoms with Crippen molar-refractivity contribution in [3.63, 3.8) is 0 Å². The maximum Gasteiger partial charge on any atom is 0.407 e. The highest BCUT2D eigenvalue weighted by molar-refractivity contribution is 5.99. The van der Waals surface area contributed by atoms with E-state index in [9.17, 15) is 9.59 Å². The molecule has 1 aromatic rings. The van der Waals surface area contributed by atoms with Crippen LogP contribution in [0, 0.1) is 0 Å². The third-order valence-electron chi connectivity index (χ3n) is 2.38. The second kappa shape index (κ2) is 5.90. The van der Waals surface area contributed by atoms with Crippen LogP contribution in [0.5, 0.6) is 11.5 Å². The zero-order valence-electron chi connectivity index (χ0n) is 10.5. The number of carbonyl (C=O) groups excluding carboxylic acids is 1. The normalized spacial score (nSPS) is 9.72. The molecule has 1 amide bonds. The lowest BCUT2D eigenvalue weighted by atomic mass is 10.1. The Morgan fingerprint density at radius 1 is 1.17 bits per heavy atom. The van der Waals surface area contributed by atoms with Crippen molar-refractivity contribution in [2.45, 2.75) is 0 Å². The monoisotopic (exact) mass is 253 g/mol. The average molecular weight is 253 g/mol. The topological polar surface area (TPSA) is 76.1 Å². The molecule has 0 atom stereocenters. The SMILES string of the molecule is COc1cc(OC)cc(C(=O)CN(C)C(=O)O)c1. The molecule has 0 aliphatic carbocycles. The number of hydrogen-bond donors (Lipinski definition) is 1. The lowest BCUT2D eigenvalue weighted by Gasteiger charge is -2.13. The maximum atomic E-state index is 11.9. The van der Waals surface area contributed by atoms with Gasteiger partial charge in [0.2, 0.25) is 0 Å². The first-order valence-electron chi connectivity index (χ1n) is 5.18. The van der Waals surface area contributed by atoms with E-state index >= 15 is 0 Å². The van der Waals surface area contributed by atoms with Crippen molar-refractivity contribution in [1.29, 1.82) is 0 Å². The first-order valence-corrected chi connectivity index (χ1v) is 5.18. The maximum absolute atomic E-state index is 11.9. The van der Waals surface area contributed by atoms with Crippen molar-refractivity contribution in [3.8, 4) is 11.5 Å². The van der Waals surface area contributed by atoms with Gasteiger partial charge in [-0.3, -0.25) is 4.79 Å². The lowest BCUT2D eigenvalue weighted by Crippen LogP contribution is -2.30. The van der Waals surface area contributed by atoms with Gasteiger partial charge in [0.25, 0.3) is 0 Å². The zero-order chi connectivity index (χ0) is 13.7. The number of benzene rings is 1. The number of methoxy groups -OCH3 is 2. The predicted molar refractivity (Wildman–Crippen MR) is 64.5 cm³/mol. The number of hydrogen-bond acceptors (Lipinski definition) is 4. The van der Waals surface area contributed by atoms with E-state index in [0.717, 1.165) is 4.90 Å². The molecule has 1 N–H and O–H groups in total. The summed E-state index contributed by atoms with van der Waals surface area (Å²) >= 11 is 0. The minimum Gasteiger partial charge on any atom is -0.497 e. The molecule has 6 nitrogen and oxygen atoms in total. The smallest absolute Gasteiger partial charge is 0.407 e. The molecule has 0 saturated carbocycles. The van der Waals surface area contributed by atoms with Crippen LogP contribution >= 0.6 is 0 Å². The quantitative estimate of drug-likeness (QED) is 0.805. The summed E-state index contributed by atoms with van der Waals surface area (Å²) in [5.74, 6) is 0.642. The van der Waals surface area contributed by atoms with E-state index in [1.54, 1.807) is 18.2 Å². The molecule has 0 unspecified atom stereocenters. The number of nitrogens with zero attached hydrogens (tertiary/aromatic N) is 1. The first-order chi connectivity index (χ1) is 8.47. The third-order valence-corrected chi connectivity index (χ3v) is 2.38. The number of carbonyl (C=O) groups is 2. The fraction of sp³-hybridized carbons (Fsp3) is 0.333. The van der Waals surface area contributed by atoms with Gasteiger partial charge in [-0.15, -0.1) is 0 Å². The van der Waals surface area contributed by atoms with Gasteiger partial charge >= 0.3 is 6.09 Å². The summed E-state index contributed by atoms with van der Waals surface area (Å²) in [6.07, 6.45) is -1.15. The minimum absolute atomic E-state index is 0.217. The van der Waals surface area contributed by atoms with Crippen LogP contribution in [0.25, 0.3) is 0 Å². The van der Waals surface area contributed by atoms with Crippen molar-refractivity contribution in [1.82, 2.24) is 4.90 Å². The Hall–Kier alpha value is -2.24. The molecule has 0 aromatic heterocycles. The molecule has 0 radical (unpaired) electrons. The van der Waals surface area contributed by atoms with Crippen molar-refractivity contribution < 1.29 is 24.2 Å². The second-order valence-corrected chi connectivity index (χ2v) is 3.66. The van der Waals surface area contributed by atoms with Gasteiger partial charge in [0.05, 0.1) is 20.8 Å². The fourth-order valence-electron chi connectivity index (χ4n) is 1.34. The van der Waals surface area contributed by atoms with Gasteiger partial charge in [0, 0.05) is 18.7 Å². The molecule has 0 saturated heterocycles. The summed E-state index contributed by atoms with van der Waals surface area (Å²) in [5.41, 5.74) is 0.347. The van der Waals surface area contributed by atoms with Crippen LogP contribution in [0.3, 0.4) is 0 Å². The molecule has 98 valence electrons. The molecule has 0 spiro atoms. The van der Waals surface area contributed by atoms with E-state index in [4.69, 9.17) is 14.6 Å². The van der Waals surface area contributed by atoms with Gasteiger partial charge in [-0.2, -0.15) is 0 Å². The van der Waals surface area contributed by atoms with Crippen molar-refractivity contribution >= 4 is 11.9 Å².